The van der Waals surface area contributed by atoms with E-state index in [1.165, 1.54) is 0 Å². The second kappa shape index (κ2) is 7.39. The van der Waals surface area contributed by atoms with Crippen molar-refractivity contribution < 1.29 is 9.53 Å². The Hall–Kier alpha value is -2.81. The number of rotatable bonds is 5. The van der Waals surface area contributed by atoms with Crippen molar-refractivity contribution in [3.8, 4) is 5.75 Å². The van der Waals surface area contributed by atoms with Crippen LogP contribution < -0.4 is 10.1 Å². The smallest absolute Gasteiger partial charge is 0.265 e. The maximum absolute atomic E-state index is 12.5. The zero-order valence-corrected chi connectivity index (χ0v) is 14.8. The van der Waals surface area contributed by atoms with Crippen molar-refractivity contribution in [3.63, 3.8) is 0 Å². The van der Waals surface area contributed by atoms with Gasteiger partial charge in [0.2, 0.25) is 0 Å². The van der Waals surface area contributed by atoms with E-state index < -0.39 is 6.10 Å². The van der Waals surface area contributed by atoms with Gasteiger partial charge in [-0.2, -0.15) is 0 Å². The van der Waals surface area contributed by atoms with Crippen LogP contribution in [-0.2, 0) is 4.79 Å². The van der Waals surface area contributed by atoms with Gasteiger partial charge >= 0.3 is 0 Å². The van der Waals surface area contributed by atoms with Gasteiger partial charge in [-0.05, 0) is 47.4 Å². The van der Waals surface area contributed by atoms with Crippen LogP contribution in [0.15, 0.2) is 66.7 Å². The van der Waals surface area contributed by atoms with Crippen LogP contribution in [0.5, 0.6) is 5.75 Å². The number of anilines is 1. The lowest BCUT2D eigenvalue weighted by Crippen LogP contribution is -2.30. The summed E-state index contributed by atoms with van der Waals surface area (Å²) in [6.45, 7) is 6.00. The highest BCUT2D eigenvalue weighted by molar-refractivity contribution is 5.96. The van der Waals surface area contributed by atoms with Crippen LogP contribution in [0.3, 0.4) is 0 Å². The second-order valence-corrected chi connectivity index (χ2v) is 6.50. The standard InChI is InChI=1S/C22H23NO2/c1-15(2)20-10-6-7-11-21(20)25-16(3)22(24)23-19-13-12-17-8-4-5-9-18(17)14-19/h4-16H,1-3H3,(H,23,24)/t16-/m0/s1. The van der Waals surface area contributed by atoms with E-state index in [2.05, 4.69) is 25.2 Å². The van der Waals surface area contributed by atoms with Gasteiger partial charge in [0.1, 0.15) is 5.75 Å². The molecule has 3 rings (SSSR count). The normalized spacial score (nSPS) is 12.2. The van der Waals surface area contributed by atoms with E-state index in [0.717, 1.165) is 27.8 Å². The van der Waals surface area contributed by atoms with E-state index in [0.29, 0.717) is 5.92 Å². The van der Waals surface area contributed by atoms with Crippen LogP contribution in [0, 0.1) is 0 Å². The molecule has 0 fully saturated rings. The predicted molar refractivity (Wildman–Crippen MR) is 103 cm³/mol. The Morgan fingerprint density at radius 1 is 0.880 bits per heavy atom. The summed E-state index contributed by atoms with van der Waals surface area (Å²) in [4.78, 5) is 12.5. The number of hydrogen-bond acceptors (Lipinski definition) is 2. The number of carbonyl (C=O) groups is 1. The SMILES string of the molecule is CC(C)c1ccccc1O[C@@H](C)C(=O)Nc1ccc2ccccc2c1. The molecule has 0 unspecified atom stereocenters. The highest BCUT2D eigenvalue weighted by Gasteiger charge is 2.17. The largest absolute Gasteiger partial charge is 0.481 e. The molecule has 1 amide bonds. The minimum absolute atomic E-state index is 0.158. The Kier molecular flexibility index (Phi) is 5.03. The summed E-state index contributed by atoms with van der Waals surface area (Å²) in [5, 5.41) is 5.18. The topological polar surface area (TPSA) is 38.3 Å². The Morgan fingerprint density at radius 2 is 1.56 bits per heavy atom. The third kappa shape index (κ3) is 4.00. The van der Waals surface area contributed by atoms with Crippen molar-refractivity contribution in [2.24, 2.45) is 0 Å². The van der Waals surface area contributed by atoms with Crippen molar-refractivity contribution in [1.29, 1.82) is 0 Å². The summed E-state index contributed by atoms with van der Waals surface area (Å²) in [6, 6.07) is 21.8. The molecular formula is C22H23NO2. The van der Waals surface area contributed by atoms with E-state index in [1.54, 1.807) is 6.92 Å². The third-order valence-electron chi connectivity index (χ3n) is 4.23. The first kappa shape index (κ1) is 17.0. The first-order valence-electron chi connectivity index (χ1n) is 8.60. The van der Waals surface area contributed by atoms with Crippen molar-refractivity contribution in [3.05, 3.63) is 72.3 Å². The molecule has 0 aliphatic carbocycles. The van der Waals surface area contributed by atoms with Crippen molar-refractivity contribution in [2.45, 2.75) is 32.8 Å². The fraction of sp³-hybridized carbons (Fsp3) is 0.227. The van der Waals surface area contributed by atoms with Gasteiger partial charge in [0.15, 0.2) is 6.10 Å². The highest BCUT2D eigenvalue weighted by atomic mass is 16.5. The maximum Gasteiger partial charge on any atom is 0.265 e. The fourth-order valence-electron chi connectivity index (χ4n) is 2.82. The quantitative estimate of drug-likeness (QED) is 0.682. The molecule has 0 saturated carbocycles. The van der Waals surface area contributed by atoms with Crippen LogP contribution in [-0.4, -0.2) is 12.0 Å². The van der Waals surface area contributed by atoms with Crippen molar-refractivity contribution >= 4 is 22.4 Å². The number of hydrogen-bond donors (Lipinski definition) is 1. The molecule has 0 bridgehead atoms. The number of para-hydroxylation sites is 1. The number of amides is 1. The Labute approximate surface area is 148 Å². The van der Waals surface area contributed by atoms with Crippen molar-refractivity contribution in [2.75, 3.05) is 5.32 Å². The van der Waals surface area contributed by atoms with E-state index in [-0.39, 0.29) is 5.91 Å². The summed E-state index contributed by atoms with van der Waals surface area (Å²) < 4.78 is 5.92. The Balaban J connectivity index is 1.72. The van der Waals surface area contributed by atoms with Crippen LogP contribution in [0.4, 0.5) is 5.69 Å². The van der Waals surface area contributed by atoms with Gasteiger partial charge in [-0.3, -0.25) is 4.79 Å². The first-order valence-corrected chi connectivity index (χ1v) is 8.60. The molecule has 0 saturated heterocycles. The van der Waals surface area contributed by atoms with Gasteiger partial charge in [0, 0.05) is 5.69 Å². The molecule has 3 heteroatoms. The van der Waals surface area contributed by atoms with Gasteiger partial charge in [0.05, 0.1) is 0 Å². The van der Waals surface area contributed by atoms with Crippen LogP contribution in [0.25, 0.3) is 10.8 Å². The molecule has 3 aromatic carbocycles. The van der Waals surface area contributed by atoms with Crippen LogP contribution in [0.1, 0.15) is 32.3 Å². The van der Waals surface area contributed by atoms with Crippen LogP contribution >= 0.6 is 0 Å². The minimum atomic E-state index is -0.577. The summed E-state index contributed by atoms with van der Waals surface area (Å²) in [7, 11) is 0. The van der Waals surface area contributed by atoms with Crippen LogP contribution in [0.2, 0.25) is 0 Å². The molecule has 128 valence electrons. The van der Waals surface area contributed by atoms with Gasteiger partial charge in [-0.1, -0.05) is 62.4 Å². The molecule has 25 heavy (non-hydrogen) atoms. The van der Waals surface area contributed by atoms with Gasteiger partial charge in [-0.25, -0.2) is 0 Å². The highest BCUT2D eigenvalue weighted by Crippen LogP contribution is 2.27. The van der Waals surface area contributed by atoms with E-state index in [9.17, 15) is 4.79 Å². The summed E-state index contributed by atoms with van der Waals surface area (Å²) in [6.07, 6.45) is -0.577. The van der Waals surface area contributed by atoms with Gasteiger partial charge in [0.25, 0.3) is 5.91 Å². The zero-order valence-electron chi connectivity index (χ0n) is 14.8. The average molecular weight is 333 g/mol. The molecule has 3 aromatic rings. The number of fused-ring (bicyclic) bond motifs is 1. The predicted octanol–water partition coefficient (Wildman–Crippen LogP) is 5.37. The molecule has 1 N–H and O–H groups in total. The Morgan fingerprint density at radius 3 is 2.32 bits per heavy atom. The van der Waals surface area contributed by atoms with Crippen molar-refractivity contribution in [1.82, 2.24) is 0 Å². The molecule has 0 radical (unpaired) electrons. The zero-order chi connectivity index (χ0) is 17.8. The summed E-state index contributed by atoms with van der Waals surface area (Å²) in [5.74, 6) is 0.944. The van der Waals surface area contributed by atoms with Gasteiger partial charge < -0.3 is 10.1 Å². The molecule has 0 heterocycles. The lowest BCUT2D eigenvalue weighted by atomic mass is 10.0. The number of nitrogens with one attached hydrogen (secondary N) is 1. The number of benzene rings is 3. The molecule has 3 nitrogen and oxygen atoms in total. The number of carbonyl (C=O) groups excluding carboxylic acids is 1. The second-order valence-electron chi connectivity index (χ2n) is 6.50. The van der Waals surface area contributed by atoms with E-state index >= 15 is 0 Å². The lowest BCUT2D eigenvalue weighted by Gasteiger charge is -2.18. The van der Waals surface area contributed by atoms with E-state index in [1.807, 2.05) is 60.7 Å². The summed E-state index contributed by atoms with van der Waals surface area (Å²) in [5.41, 5.74) is 1.88. The summed E-state index contributed by atoms with van der Waals surface area (Å²) >= 11 is 0. The number of ether oxygens (including phenoxy) is 1. The minimum Gasteiger partial charge on any atom is -0.481 e. The first-order chi connectivity index (χ1) is 12.0. The third-order valence-corrected chi connectivity index (χ3v) is 4.23. The van der Waals surface area contributed by atoms with Gasteiger partial charge in [-0.15, -0.1) is 0 Å². The molecule has 0 aliphatic rings. The molecule has 0 aliphatic heterocycles. The molecule has 1 atom stereocenters. The Bertz CT molecular complexity index is 886. The monoisotopic (exact) mass is 333 g/mol. The average Bonchev–Trinajstić information content (AvgIpc) is 2.61. The molecular weight excluding hydrogens is 310 g/mol. The lowest BCUT2D eigenvalue weighted by molar-refractivity contribution is -0.122. The fourth-order valence-corrected chi connectivity index (χ4v) is 2.82. The molecule has 0 spiro atoms. The van der Waals surface area contributed by atoms with E-state index in [4.69, 9.17) is 4.74 Å². The molecule has 0 aromatic heterocycles. The maximum atomic E-state index is 12.5.